The van der Waals surface area contributed by atoms with Crippen LogP contribution in [0, 0.1) is 0 Å². The van der Waals surface area contributed by atoms with Crippen LogP contribution in [0.5, 0.6) is 5.75 Å². The van der Waals surface area contributed by atoms with Gasteiger partial charge in [0.05, 0.1) is 12.7 Å². The summed E-state index contributed by atoms with van der Waals surface area (Å²) in [5.74, 6) is 0.468. The van der Waals surface area contributed by atoms with Gasteiger partial charge in [-0.25, -0.2) is 4.79 Å². The van der Waals surface area contributed by atoms with E-state index in [0.717, 1.165) is 18.6 Å². The zero-order valence-electron chi connectivity index (χ0n) is 10.0. The fourth-order valence-electron chi connectivity index (χ4n) is 1.40. The van der Waals surface area contributed by atoms with Gasteiger partial charge in [0.1, 0.15) is 11.9 Å². The average molecular weight is 222 g/mol. The standard InChI is InChI=1S/C13H18O3/c1-4-11(5-2)16-13(14)10-6-8-12(15-3)9-7-10/h6-9,11H,4-5H2,1-3H3. The first-order valence-corrected chi connectivity index (χ1v) is 5.56. The summed E-state index contributed by atoms with van der Waals surface area (Å²) in [6.45, 7) is 4.02. The molecule has 0 aliphatic rings. The van der Waals surface area contributed by atoms with Crippen LogP contribution in [0.2, 0.25) is 0 Å². The normalized spacial score (nSPS) is 10.2. The van der Waals surface area contributed by atoms with Crippen molar-refractivity contribution in [2.75, 3.05) is 7.11 Å². The number of carbonyl (C=O) groups is 1. The number of esters is 1. The maximum atomic E-state index is 11.7. The van der Waals surface area contributed by atoms with Gasteiger partial charge in [-0.15, -0.1) is 0 Å². The molecule has 0 amide bonds. The van der Waals surface area contributed by atoms with E-state index in [1.165, 1.54) is 0 Å². The van der Waals surface area contributed by atoms with E-state index in [0.29, 0.717) is 5.56 Å². The molecular weight excluding hydrogens is 204 g/mol. The number of hydrogen-bond donors (Lipinski definition) is 0. The molecule has 0 heterocycles. The van der Waals surface area contributed by atoms with E-state index in [1.807, 2.05) is 13.8 Å². The Bertz CT molecular complexity index is 326. The van der Waals surface area contributed by atoms with Gasteiger partial charge in [-0.1, -0.05) is 13.8 Å². The quantitative estimate of drug-likeness (QED) is 0.718. The lowest BCUT2D eigenvalue weighted by Crippen LogP contribution is -2.16. The zero-order chi connectivity index (χ0) is 12.0. The van der Waals surface area contributed by atoms with Crippen molar-refractivity contribution in [2.24, 2.45) is 0 Å². The van der Waals surface area contributed by atoms with Crippen LogP contribution in [0.4, 0.5) is 0 Å². The number of hydrogen-bond acceptors (Lipinski definition) is 3. The SMILES string of the molecule is CCC(CC)OC(=O)c1ccc(OC)cc1. The minimum absolute atomic E-state index is 0.00889. The van der Waals surface area contributed by atoms with Crippen LogP contribution in [0.25, 0.3) is 0 Å². The van der Waals surface area contributed by atoms with Crippen molar-refractivity contribution in [1.29, 1.82) is 0 Å². The summed E-state index contributed by atoms with van der Waals surface area (Å²) in [4.78, 5) is 11.7. The summed E-state index contributed by atoms with van der Waals surface area (Å²) in [5, 5.41) is 0. The van der Waals surface area contributed by atoms with Crippen molar-refractivity contribution in [2.45, 2.75) is 32.8 Å². The highest BCUT2D eigenvalue weighted by atomic mass is 16.5. The molecule has 16 heavy (non-hydrogen) atoms. The van der Waals surface area contributed by atoms with Crippen molar-refractivity contribution >= 4 is 5.97 Å². The third-order valence-electron chi connectivity index (χ3n) is 2.51. The molecule has 0 aromatic heterocycles. The van der Waals surface area contributed by atoms with Crippen molar-refractivity contribution < 1.29 is 14.3 Å². The first-order chi connectivity index (χ1) is 7.71. The number of ether oxygens (including phenoxy) is 2. The van der Waals surface area contributed by atoms with Gasteiger partial charge < -0.3 is 9.47 Å². The lowest BCUT2D eigenvalue weighted by Gasteiger charge is -2.13. The molecule has 1 rings (SSSR count). The van der Waals surface area contributed by atoms with Gasteiger partial charge in [-0.3, -0.25) is 0 Å². The predicted molar refractivity (Wildman–Crippen MR) is 62.8 cm³/mol. The smallest absolute Gasteiger partial charge is 0.338 e. The zero-order valence-corrected chi connectivity index (χ0v) is 10.0. The van der Waals surface area contributed by atoms with Gasteiger partial charge in [-0.05, 0) is 37.1 Å². The molecule has 1 aromatic rings. The summed E-state index contributed by atoms with van der Waals surface area (Å²) >= 11 is 0. The van der Waals surface area contributed by atoms with Crippen molar-refractivity contribution in [3.05, 3.63) is 29.8 Å². The Morgan fingerprint density at radius 1 is 1.19 bits per heavy atom. The molecule has 88 valence electrons. The first kappa shape index (κ1) is 12.6. The Hall–Kier alpha value is -1.51. The van der Waals surface area contributed by atoms with E-state index >= 15 is 0 Å². The number of carbonyl (C=O) groups excluding carboxylic acids is 1. The fourth-order valence-corrected chi connectivity index (χ4v) is 1.40. The Labute approximate surface area is 96.4 Å². The monoisotopic (exact) mass is 222 g/mol. The van der Waals surface area contributed by atoms with E-state index in [4.69, 9.17) is 9.47 Å². The molecule has 3 nitrogen and oxygen atoms in total. The summed E-state index contributed by atoms with van der Waals surface area (Å²) in [6, 6.07) is 6.93. The molecular formula is C13H18O3. The molecule has 0 fully saturated rings. The van der Waals surface area contributed by atoms with Gasteiger partial charge in [0.15, 0.2) is 0 Å². The van der Waals surface area contributed by atoms with Crippen LogP contribution in [0.1, 0.15) is 37.0 Å². The van der Waals surface area contributed by atoms with Crippen molar-refractivity contribution in [1.82, 2.24) is 0 Å². The average Bonchev–Trinajstić information content (AvgIpc) is 2.35. The Morgan fingerprint density at radius 3 is 2.19 bits per heavy atom. The first-order valence-electron chi connectivity index (χ1n) is 5.56. The second-order valence-electron chi connectivity index (χ2n) is 3.57. The van der Waals surface area contributed by atoms with Gasteiger partial charge in [0.2, 0.25) is 0 Å². The molecule has 0 spiro atoms. The molecule has 0 aliphatic heterocycles. The van der Waals surface area contributed by atoms with Crippen LogP contribution < -0.4 is 4.74 Å². The van der Waals surface area contributed by atoms with E-state index < -0.39 is 0 Å². The summed E-state index contributed by atoms with van der Waals surface area (Å²) in [5.41, 5.74) is 0.563. The molecule has 1 aromatic carbocycles. The van der Waals surface area contributed by atoms with Crippen LogP contribution in [-0.4, -0.2) is 19.2 Å². The third kappa shape index (κ3) is 3.26. The highest BCUT2D eigenvalue weighted by Gasteiger charge is 2.12. The molecule has 0 unspecified atom stereocenters. The number of methoxy groups -OCH3 is 1. The predicted octanol–water partition coefficient (Wildman–Crippen LogP) is 3.04. The fraction of sp³-hybridized carbons (Fsp3) is 0.462. The van der Waals surface area contributed by atoms with Crippen LogP contribution in [-0.2, 0) is 4.74 Å². The molecule has 3 heteroatoms. The Kier molecular flexibility index (Phi) is 4.83. The Morgan fingerprint density at radius 2 is 1.75 bits per heavy atom. The van der Waals surface area contributed by atoms with Crippen molar-refractivity contribution in [3.8, 4) is 5.75 Å². The maximum absolute atomic E-state index is 11.7. The highest BCUT2D eigenvalue weighted by Crippen LogP contribution is 2.14. The lowest BCUT2D eigenvalue weighted by atomic mass is 10.2. The highest BCUT2D eigenvalue weighted by molar-refractivity contribution is 5.89. The molecule has 0 saturated heterocycles. The molecule has 0 bridgehead atoms. The maximum Gasteiger partial charge on any atom is 0.338 e. The van der Waals surface area contributed by atoms with Gasteiger partial charge in [0, 0.05) is 0 Å². The number of rotatable bonds is 5. The second-order valence-corrected chi connectivity index (χ2v) is 3.57. The summed E-state index contributed by atoms with van der Waals surface area (Å²) in [6.07, 6.45) is 1.70. The summed E-state index contributed by atoms with van der Waals surface area (Å²) < 4.78 is 10.3. The van der Waals surface area contributed by atoms with Crippen LogP contribution in [0.15, 0.2) is 24.3 Å². The van der Waals surface area contributed by atoms with E-state index in [9.17, 15) is 4.79 Å². The topological polar surface area (TPSA) is 35.5 Å². The van der Waals surface area contributed by atoms with Crippen LogP contribution >= 0.6 is 0 Å². The van der Waals surface area contributed by atoms with Gasteiger partial charge in [0.25, 0.3) is 0 Å². The van der Waals surface area contributed by atoms with Gasteiger partial charge in [-0.2, -0.15) is 0 Å². The Balaban J connectivity index is 2.65. The van der Waals surface area contributed by atoms with E-state index in [1.54, 1.807) is 31.4 Å². The van der Waals surface area contributed by atoms with E-state index in [-0.39, 0.29) is 12.1 Å². The molecule has 0 radical (unpaired) electrons. The lowest BCUT2D eigenvalue weighted by molar-refractivity contribution is 0.0284. The molecule has 0 aliphatic carbocycles. The molecule has 0 saturated carbocycles. The van der Waals surface area contributed by atoms with E-state index in [2.05, 4.69) is 0 Å². The van der Waals surface area contributed by atoms with Gasteiger partial charge >= 0.3 is 5.97 Å². The minimum atomic E-state index is -0.267. The van der Waals surface area contributed by atoms with Crippen molar-refractivity contribution in [3.63, 3.8) is 0 Å². The molecule has 0 N–H and O–H groups in total. The minimum Gasteiger partial charge on any atom is -0.497 e. The second kappa shape index (κ2) is 6.16. The summed E-state index contributed by atoms with van der Waals surface area (Å²) in [7, 11) is 1.59. The largest absolute Gasteiger partial charge is 0.497 e. The number of benzene rings is 1. The molecule has 0 atom stereocenters. The van der Waals surface area contributed by atoms with Crippen LogP contribution in [0.3, 0.4) is 0 Å². The third-order valence-corrected chi connectivity index (χ3v) is 2.51.